The van der Waals surface area contributed by atoms with E-state index in [9.17, 15) is 0 Å². The van der Waals surface area contributed by atoms with Crippen LogP contribution in [0.5, 0.6) is 0 Å². The van der Waals surface area contributed by atoms with E-state index in [0.717, 1.165) is 23.4 Å². The third-order valence-electron chi connectivity index (χ3n) is 8.60. The minimum atomic E-state index is -0.922. The molecule has 2 aromatic carbocycles. The number of nitrogens with zero attached hydrogens (tertiary/aromatic N) is 2. The van der Waals surface area contributed by atoms with Crippen molar-refractivity contribution in [3.63, 3.8) is 0 Å². The van der Waals surface area contributed by atoms with Gasteiger partial charge in [-0.1, -0.05) is 71.7 Å². The van der Waals surface area contributed by atoms with Crippen LogP contribution in [-0.2, 0) is 0 Å². The zero-order chi connectivity index (χ0) is 22.0. The number of para-hydroxylation sites is 1. The van der Waals surface area contributed by atoms with Crippen molar-refractivity contribution in [1.29, 1.82) is 0 Å². The Morgan fingerprint density at radius 2 is 1.38 bits per heavy atom. The Labute approximate surface area is 212 Å². The molecule has 0 aromatic heterocycles. The molecule has 0 spiro atoms. The minimum absolute atomic E-state index is 0.0713. The molecule has 3 saturated carbocycles. The highest BCUT2D eigenvalue weighted by atomic mass is 35.5. The minimum Gasteiger partial charge on any atom is -0.261 e. The second kappa shape index (κ2) is 6.61. The molecule has 1 aliphatic heterocycles. The monoisotopic (exact) mass is 522 g/mol. The van der Waals surface area contributed by atoms with Gasteiger partial charge in [-0.2, -0.15) is 5.10 Å². The lowest BCUT2D eigenvalue weighted by Crippen LogP contribution is -2.51. The molecule has 2 aromatic rings. The maximum absolute atomic E-state index is 7.27. The first-order valence-electron chi connectivity index (χ1n) is 11.0. The topological polar surface area (TPSA) is 15.6 Å². The second-order valence-electron chi connectivity index (χ2n) is 9.69. The van der Waals surface area contributed by atoms with Crippen molar-refractivity contribution in [2.75, 3.05) is 5.01 Å². The molecule has 0 saturated heterocycles. The smallest absolute Gasteiger partial charge is 0.103 e. The van der Waals surface area contributed by atoms with E-state index in [1.807, 2.05) is 12.1 Å². The number of alkyl halides is 3. The molecule has 2 nitrogen and oxygen atoms in total. The van der Waals surface area contributed by atoms with Crippen molar-refractivity contribution >= 4 is 69.4 Å². The standard InChI is InChI=1S/C25H19Cl5N2/c26-21-22(27)25(30)18-15-11-14(17(18)24(21,29)23(25)28)16-19(12-7-3-1-4-8-12)31-32(20(15)16)13-9-5-2-6-10-13/h1-10,14-18,20,23H,11H2/t14-,15-,16-,17?,18?,20-,23-,24+,25-/m0/s1. The lowest BCUT2D eigenvalue weighted by molar-refractivity contribution is 0.173. The van der Waals surface area contributed by atoms with Crippen molar-refractivity contribution in [2.45, 2.75) is 27.6 Å². The van der Waals surface area contributed by atoms with E-state index >= 15 is 0 Å². The third kappa shape index (κ3) is 2.16. The Bertz CT molecular complexity index is 1180. The Hall–Kier alpha value is -0.900. The van der Waals surface area contributed by atoms with Gasteiger partial charge in [-0.15, -0.1) is 34.8 Å². The zero-order valence-electron chi connectivity index (χ0n) is 16.8. The summed E-state index contributed by atoms with van der Waals surface area (Å²) >= 11 is 34.9. The first-order valence-corrected chi connectivity index (χ1v) is 12.9. The van der Waals surface area contributed by atoms with Crippen LogP contribution in [0.3, 0.4) is 0 Å². The van der Waals surface area contributed by atoms with Crippen LogP contribution in [0.2, 0.25) is 0 Å². The average molecular weight is 525 g/mol. The van der Waals surface area contributed by atoms with Crippen LogP contribution >= 0.6 is 58.0 Å². The Morgan fingerprint density at radius 1 is 0.812 bits per heavy atom. The van der Waals surface area contributed by atoms with E-state index in [1.54, 1.807) is 0 Å². The van der Waals surface area contributed by atoms with Gasteiger partial charge in [0.15, 0.2) is 0 Å². The van der Waals surface area contributed by atoms with Gasteiger partial charge in [0, 0.05) is 5.92 Å². The molecule has 0 radical (unpaired) electrons. The fourth-order valence-electron chi connectivity index (χ4n) is 7.64. The summed E-state index contributed by atoms with van der Waals surface area (Å²) in [6.45, 7) is 0. The number of halogens is 5. The highest BCUT2D eigenvalue weighted by molar-refractivity contribution is 6.55. The first-order chi connectivity index (χ1) is 15.4. The number of anilines is 1. The van der Waals surface area contributed by atoms with Gasteiger partial charge in [0.05, 0.1) is 32.9 Å². The number of hydrazone groups is 1. The lowest BCUT2D eigenvalue weighted by atomic mass is 9.65. The second-order valence-corrected chi connectivity index (χ2v) is 12.1. The van der Waals surface area contributed by atoms with Gasteiger partial charge >= 0.3 is 0 Å². The molecule has 4 bridgehead atoms. The first kappa shape index (κ1) is 20.5. The molecule has 3 fully saturated rings. The normalized spacial score (nSPS) is 45.5. The van der Waals surface area contributed by atoms with Crippen molar-refractivity contribution in [1.82, 2.24) is 0 Å². The van der Waals surface area contributed by atoms with Crippen molar-refractivity contribution in [2.24, 2.45) is 34.7 Å². The summed E-state index contributed by atoms with van der Waals surface area (Å²) in [6, 6.07) is 21.0. The van der Waals surface area contributed by atoms with Gasteiger partial charge in [-0.05, 0) is 47.8 Å². The maximum Gasteiger partial charge on any atom is 0.103 e. The Balaban J connectivity index is 1.40. The van der Waals surface area contributed by atoms with E-state index in [-0.39, 0.29) is 29.7 Å². The lowest BCUT2D eigenvalue weighted by Gasteiger charge is -2.45. The van der Waals surface area contributed by atoms with Crippen LogP contribution in [0.4, 0.5) is 5.69 Å². The molecule has 7 rings (SSSR count). The number of fused-ring (bicyclic) bond motifs is 12. The quantitative estimate of drug-likeness (QED) is 0.303. The van der Waals surface area contributed by atoms with Gasteiger partial charge in [0.2, 0.25) is 0 Å². The van der Waals surface area contributed by atoms with Crippen LogP contribution < -0.4 is 5.01 Å². The number of benzene rings is 2. The summed E-state index contributed by atoms with van der Waals surface area (Å²) in [7, 11) is 0. The Morgan fingerprint density at radius 3 is 2.00 bits per heavy atom. The summed E-state index contributed by atoms with van der Waals surface area (Å²) < 4.78 is 0. The average Bonchev–Trinajstić information content (AvgIpc) is 3.57. The molecule has 0 N–H and O–H groups in total. The summed E-state index contributed by atoms with van der Waals surface area (Å²) in [5.74, 6) is 0.960. The maximum atomic E-state index is 7.27. The third-order valence-corrected chi connectivity index (χ3v) is 12.1. The molecule has 32 heavy (non-hydrogen) atoms. The van der Waals surface area contributed by atoms with E-state index in [1.165, 1.54) is 0 Å². The predicted octanol–water partition coefficient (Wildman–Crippen LogP) is 7.06. The molecule has 9 atom stereocenters. The number of hydrogen-bond acceptors (Lipinski definition) is 2. The molecular formula is C25H19Cl5N2. The summed E-state index contributed by atoms with van der Waals surface area (Å²) in [5, 5.41) is 7.77. The molecule has 5 aliphatic rings. The van der Waals surface area contributed by atoms with E-state index < -0.39 is 15.1 Å². The number of rotatable bonds is 2. The SMILES string of the molecule is ClC1=C(Cl)[C@]2(Cl)C3C([C@@H]4C[C@H]3[C@H]3C(c5ccccc5)=NN(c5ccccc5)[C@H]34)[C@@]1(Cl)[C@H]2Cl. The molecule has 4 aliphatic carbocycles. The van der Waals surface area contributed by atoms with Crippen molar-refractivity contribution in [3.8, 4) is 0 Å². The molecule has 164 valence electrons. The van der Waals surface area contributed by atoms with Gasteiger partial charge in [-0.25, -0.2) is 0 Å². The molecular weight excluding hydrogens is 506 g/mol. The van der Waals surface area contributed by atoms with Crippen molar-refractivity contribution in [3.05, 3.63) is 76.3 Å². The van der Waals surface area contributed by atoms with E-state index in [0.29, 0.717) is 16.0 Å². The number of hydrogen-bond donors (Lipinski definition) is 0. The number of allylic oxidation sites excluding steroid dienone is 2. The molecule has 0 amide bonds. The molecule has 7 heteroatoms. The highest BCUT2D eigenvalue weighted by Crippen LogP contribution is 2.79. The van der Waals surface area contributed by atoms with Crippen LogP contribution in [0, 0.1) is 29.6 Å². The fourth-order valence-corrected chi connectivity index (χ4v) is 10.3. The van der Waals surface area contributed by atoms with Crippen LogP contribution in [0.25, 0.3) is 0 Å². The van der Waals surface area contributed by atoms with Crippen LogP contribution in [0.15, 0.2) is 75.8 Å². The summed E-state index contributed by atoms with van der Waals surface area (Å²) in [4.78, 5) is -1.84. The van der Waals surface area contributed by atoms with Gasteiger partial charge in [-0.3, -0.25) is 5.01 Å². The summed E-state index contributed by atoms with van der Waals surface area (Å²) in [6.07, 6.45) is 1.03. The fraction of sp³-hybridized carbons (Fsp3) is 0.400. The largest absolute Gasteiger partial charge is 0.261 e. The zero-order valence-corrected chi connectivity index (χ0v) is 20.6. The summed E-state index contributed by atoms with van der Waals surface area (Å²) in [5.41, 5.74) is 3.36. The van der Waals surface area contributed by atoms with Crippen molar-refractivity contribution < 1.29 is 0 Å². The van der Waals surface area contributed by atoms with E-state index in [4.69, 9.17) is 63.1 Å². The predicted molar refractivity (Wildman–Crippen MR) is 133 cm³/mol. The molecule has 2 unspecified atom stereocenters. The van der Waals surface area contributed by atoms with Gasteiger partial charge in [0.1, 0.15) is 9.75 Å². The van der Waals surface area contributed by atoms with E-state index in [2.05, 4.69) is 53.5 Å². The Kier molecular flexibility index (Phi) is 4.23. The van der Waals surface area contributed by atoms with Crippen LogP contribution in [0.1, 0.15) is 12.0 Å². The van der Waals surface area contributed by atoms with Gasteiger partial charge in [0.25, 0.3) is 0 Å². The highest BCUT2D eigenvalue weighted by Gasteiger charge is 2.82. The van der Waals surface area contributed by atoms with Gasteiger partial charge < -0.3 is 0 Å². The van der Waals surface area contributed by atoms with Crippen LogP contribution in [-0.4, -0.2) is 26.9 Å². The molecule has 1 heterocycles.